The Hall–Kier alpha value is -0.910. The van der Waals surface area contributed by atoms with Crippen LogP contribution in [0, 0.1) is 0 Å². The van der Waals surface area contributed by atoms with Crippen LogP contribution in [0.2, 0.25) is 0 Å². The topological polar surface area (TPSA) is 49.4 Å². The zero-order valence-electron chi connectivity index (χ0n) is 9.54. The number of sulfonamides is 1. The number of nitrogens with one attached hydrogen (secondary N) is 1. The molecule has 0 spiro atoms. The minimum atomic E-state index is -3.30. The molecule has 2 atom stereocenters. The van der Waals surface area contributed by atoms with E-state index in [1.165, 1.54) is 0 Å². The summed E-state index contributed by atoms with van der Waals surface area (Å²) in [5.74, 6) is 0. The fourth-order valence-electron chi connectivity index (χ4n) is 2.84. The highest BCUT2D eigenvalue weighted by Crippen LogP contribution is 2.32. The molecule has 0 radical (unpaired) electrons. The van der Waals surface area contributed by atoms with Gasteiger partial charge in [-0.25, -0.2) is 8.42 Å². The van der Waals surface area contributed by atoms with E-state index in [9.17, 15) is 8.42 Å². The van der Waals surface area contributed by atoms with Gasteiger partial charge in [0.05, 0.1) is 4.90 Å². The predicted octanol–water partition coefficient (Wildman–Crippen LogP) is 0.811. The molecule has 1 aromatic carbocycles. The summed E-state index contributed by atoms with van der Waals surface area (Å²) in [4.78, 5) is 0.416. The van der Waals surface area contributed by atoms with Crippen LogP contribution in [0.25, 0.3) is 0 Å². The van der Waals surface area contributed by atoms with E-state index in [0.29, 0.717) is 4.90 Å². The highest BCUT2D eigenvalue weighted by molar-refractivity contribution is 7.89. The first-order valence-electron chi connectivity index (χ1n) is 5.99. The summed E-state index contributed by atoms with van der Waals surface area (Å²) in [5.41, 5.74) is 0. The van der Waals surface area contributed by atoms with Gasteiger partial charge in [0.2, 0.25) is 10.0 Å². The van der Waals surface area contributed by atoms with Crippen LogP contribution in [0.4, 0.5) is 0 Å². The van der Waals surface area contributed by atoms with Crippen molar-refractivity contribution in [2.45, 2.75) is 29.8 Å². The lowest BCUT2D eigenvalue weighted by Crippen LogP contribution is -2.53. The Kier molecular flexibility index (Phi) is 2.69. The second-order valence-electron chi connectivity index (χ2n) is 4.69. The lowest BCUT2D eigenvalue weighted by Gasteiger charge is -2.34. The van der Waals surface area contributed by atoms with Gasteiger partial charge < -0.3 is 5.32 Å². The van der Waals surface area contributed by atoms with Crippen LogP contribution in [0.15, 0.2) is 35.2 Å². The monoisotopic (exact) mass is 252 g/mol. The van der Waals surface area contributed by atoms with Crippen LogP contribution in [0.3, 0.4) is 0 Å². The molecular formula is C12H16N2O2S. The molecule has 3 rings (SSSR count). The average Bonchev–Trinajstić information content (AvgIpc) is 2.62. The van der Waals surface area contributed by atoms with Gasteiger partial charge in [0.1, 0.15) is 0 Å². The fourth-order valence-corrected chi connectivity index (χ4v) is 4.73. The molecule has 2 saturated heterocycles. The van der Waals surface area contributed by atoms with Crippen molar-refractivity contribution in [2.24, 2.45) is 0 Å². The van der Waals surface area contributed by atoms with Gasteiger partial charge in [0, 0.05) is 25.2 Å². The van der Waals surface area contributed by atoms with Crippen molar-refractivity contribution in [1.82, 2.24) is 9.62 Å². The molecule has 2 bridgehead atoms. The van der Waals surface area contributed by atoms with Crippen LogP contribution in [-0.2, 0) is 10.0 Å². The third-order valence-corrected chi connectivity index (χ3v) is 5.65. The van der Waals surface area contributed by atoms with Crippen molar-refractivity contribution in [3.63, 3.8) is 0 Å². The number of nitrogens with zero attached hydrogens (tertiary/aromatic N) is 1. The van der Waals surface area contributed by atoms with Crippen LogP contribution < -0.4 is 5.32 Å². The molecule has 1 aromatic rings. The summed E-state index contributed by atoms with van der Waals surface area (Å²) in [5, 5.41) is 3.29. The highest BCUT2D eigenvalue weighted by Gasteiger charge is 2.44. The van der Waals surface area contributed by atoms with Gasteiger partial charge in [-0.2, -0.15) is 4.31 Å². The molecule has 1 N–H and O–H groups in total. The van der Waals surface area contributed by atoms with Crippen LogP contribution in [-0.4, -0.2) is 37.9 Å². The van der Waals surface area contributed by atoms with Crippen LogP contribution >= 0.6 is 0 Å². The standard InChI is InChI=1S/C12H16N2O2S/c15-17(16,12-4-2-1-3-5-12)14-10-6-7-11(14)9-13-8-10/h1-5,10-11,13H,6-9H2. The minimum Gasteiger partial charge on any atom is -0.314 e. The quantitative estimate of drug-likeness (QED) is 0.847. The molecule has 2 aliphatic rings. The van der Waals surface area contributed by atoms with E-state index in [2.05, 4.69) is 5.32 Å². The predicted molar refractivity (Wildman–Crippen MR) is 65.1 cm³/mol. The first-order valence-corrected chi connectivity index (χ1v) is 7.43. The molecule has 2 unspecified atom stereocenters. The Labute approximate surface area is 102 Å². The first kappa shape index (κ1) is 11.2. The molecule has 2 fully saturated rings. The van der Waals surface area contributed by atoms with E-state index < -0.39 is 10.0 Å². The lowest BCUT2D eigenvalue weighted by molar-refractivity contribution is 0.263. The Balaban J connectivity index is 1.99. The van der Waals surface area contributed by atoms with Crippen molar-refractivity contribution in [2.75, 3.05) is 13.1 Å². The number of hydrogen-bond acceptors (Lipinski definition) is 3. The van der Waals surface area contributed by atoms with E-state index in [0.717, 1.165) is 25.9 Å². The summed E-state index contributed by atoms with van der Waals surface area (Å²) >= 11 is 0. The molecule has 4 nitrogen and oxygen atoms in total. The SMILES string of the molecule is O=S(=O)(c1ccccc1)N1C2CCC1CNC2. The first-order chi connectivity index (χ1) is 8.19. The summed E-state index contributed by atoms with van der Waals surface area (Å²) in [6.07, 6.45) is 1.95. The molecule has 0 amide bonds. The smallest absolute Gasteiger partial charge is 0.243 e. The molecule has 5 heteroatoms. The van der Waals surface area contributed by atoms with E-state index in [4.69, 9.17) is 0 Å². The summed E-state index contributed by atoms with van der Waals surface area (Å²) < 4.78 is 26.8. The number of rotatable bonds is 2. The maximum absolute atomic E-state index is 12.5. The van der Waals surface area contributed by atoms with E-state index >= 15 is 0 Å². The molecule has 0 aromatic heterocycles. The highest BCUT2D eigenvalue weighted by atomic mass is 32.2. The normalized spacial score (nSPS) is 29.4. The third-order valence-electron chi connectivity index (χ3n) is 3.63. The number of hydrogen-bond donors (Lipinski definition) is 1. The fraction of sp³-hybridized carbons (Fsp3) is 0.500. The van der Waals surface area contributed by atoms with Crippen LogP contribution in [0.1, 0.15) is 12.8 Å². The van der Waals surface area contributed by atoms with E-state index in [1.807, 2.05) is 6.07 Å². The molecule has 0 aliphatic carbocycles. The van der Waals surface area contributed by atoms with E-state index in [-0.39, 0.29) is 12.1 Å². The van der Waals surface area contributed by atoms with Gasteiger partial charge >= 0.3 is 0 Å². The molecule has 0 saturated carbocycles. The van der Waals surface area contributed by atoms with Crippen molar-refractivity contribution in [3.05, 3.63) is 30.3 Å². The van der Waals surface area contributed by atoms with Gasteiger partial charge in [0.25, 0.3) is 0 Å². The summed E-state index contributed by atoms with van der Waals surface area (Å²) in [6, 6.07) is 9.02. The minimum absolute atomic E-state index is 0.138. The zero-order valence-corrected chi connectivity index (χ0v) is 10.4. The molecular weight excluding hydrogens is 236 g/mol. The van der Waals surface area contributed by atoms with Crippen molar-refractivity contribution >= 4 is 10.0 Å². The molecule has 17 heavy (non-hydrogen) atoms. The maximum Gasteiger partial charge on any atom is 0.243 e. The molecule has 2 aliphatic heterocycles. The Morgan fingerprint density at radius 3 is 2.24 bits per heavy atom. The Morgan fingerprint density at radius 1 is 1.06 bits per heavy atom. The summed E-state index contributed by atoms with van der Waals surface area (Å²) in [7, 11) is -3.30. The second kappa shape index (κ2) is 4.08. The zero-order chi connectivity index (χ0) is 11.9. The van der Waals surface area contributed by atoms with Crippen molar-refractivity contribution in [3.8, 4) is 0 Å². The van der Waals surface area contributed by atoms with Gasteiger partial charge in [0.15, 0.2) is 0 Å². The van der Waals surface area contributed by atoms with Crippen LogP contribution in [0.5, 0.6) is 0 Å². The number of piperazine rings is 1. The van der Waals surface area contributed by atoms with Gasteiger partial charge in [-0.15, -0.1) is 0 Å². The van der Waals surface area contributed by atoms with E-state index in [1.54, 1.807) is 28.6 Å². The third kappa shape index (κ3) is 1.78. The maximum atomic E-state index is 12.5. The van der Waals surface area contributed by atoms with Crippen molar-refractivity contribution < 1.29 is 8.42 Å². The largest absolute Gasteiger partial charge is 0.314 e. The molecule has 92 valence electrons. The summed E-state index contributed by atoms with van der Waals surface area (Å²) in [6.45, 7) is 1.56. The Bertz CT molecular complexity index is 484. The average molecular weight is 252 g/mol. The van der Waals surface area contributed by atoms with Gasteiger partial charge in [-0.1, -0.05) is 18.2 Å². The lowest BCUT2D eigenvalue weighted by atomic mass is 10.2. The Morgan fingerprint density at radius 2 is 1.65 bits per heavy atom. The number of benzene rings is 1. The second-order valence-corrected chi connectivity index (χ2v) is 6.53. The molecule has 2 heterocycles. The van der Waals surface area contributed by atoms with Crippen molar-refractivity contribution in [1.29, 1.82) is 0 Å². The van der Waals surface area contributed by atoms with Gasteiger partial charge in [-0.05, 0) is 25.0 Å². The number of fused-ring (bicyclic) bond motifs is 2. The van der Waals surface area contributed by atoms with Gasteiger partial charge in [-0.3, -0.25) is 0 Å².